The van der Waals surface area contributed by atoms with Crippen molar-refractivity contribution in [1.82, 2.24) is 15.1 Å². The van der Waals surface area contributed by atoms with Gasteiger partial charge in [-0.15, -0.1) is 0 Å². The molecular weight excluding hydrogens is 236 g/mol. The number of aromatic nitrogens is 2. The van der Waals surface area contributed by atoms with Crippen LogP contribution in [0.15, 0.2) is 0 Å². The van der Waals surface area contributed by atoms with E-state index in [4.69, 9.17) is 0 Å². The van der Waals surface area contributed by atoms with Crippen LogP contribution in [0.25, 0.3) is 0 Å². The highest BCUT2D eigenvalue weighted by atomic mass is 15.4. The van der Waals surface area contributed by atoms with Crippen LogP contribution in [0.4, 0.5) is 5.82 Å². The Morgan fingerprint density at radius 3 is 2.68 bits per heavy atom. The van der Waals surface area contributed by atoms with Gasteiger partial charge < -0.3 is 10.2 Å². The lowest BCUT2D eigenvalue weighted by atomic mass is 10.2. The smallest absolute Gasteiger partial charge is 0.131 e. The van der Waals surface area contributed by atoms with Gasteiger partial charge >= 0.3 is 0 Å². The molecule has 0 aliphatic heterocycles. The second kappa shape index (κ2) is 6.42. The van der Waals surface area contributed by atoms with Crippen molar-refractivity contribution >= 4 is 5.82 Å². The van der Waals surface area contributed by atoms with Crippen LogP contribution in [0.5, 0.6) is 0 Å². The highest BCUT2D eigenvalue weighted by Crippen LogP contribution is 2.33. The van der Waals surface area contributed by atoms with Crippen molar-refractivity contribution in [3.05, 3.63) is 11.3 Å². The molecule has 0 bridgehead atoms. The third-order valence-corrected chi connectivity index (χ3v) is 3.83. The zero-order valence-electron chi connectivity index (χ0n) is 12.9. The van der Waals surface area contributed by atoms with Gasteiger partial charge in [0.15, 0.2) is 0 Å². The predicted molar refractivity (Wildman–Crippen MR) is 80.6 cm³/mol. The fourth-order valence-electron chi connectivity index (χ4n) is 2.71. The molecular formula is C15H28N4. The number of hydrogen-bond donors (Lipinski definition) is 1. The molecule has 1 fully saturated rings. The van der Waals surface area contributed by atoms with E-state index in [1.54, 1.807) is 0 Å². The fourth-order valence-corrected chi connectivity index (χ4v) is 2.71. The first-order valence-electron chi connectivity index (χ1n) is 7.65. The van der Waals surface area contributed by atoms with Gasteiger partial charge in [-0.2, -0.15) is 5.10 Å². The molecule has 2 rings (SSSR count). The maximum absolute atomic E-state index is 4.63. The van der Waals surface area contributed by atoms with E-state index in [9.17, 15) is 0 Å². The quantitative estimate of drug-likeness (QED) is 0.783. The first kappa shape index (κ1) is 14.4. The van der Waals surface area contributed by atoms with Crippen LogP contribution in [0.3, 0.4) is 0 Å². The Bertz CT molecular complexity index is 407. The van der Waals surface area contributed by atoms with Gasteiger partial charge in [0.2, 0.25) is 0 Å². The Balaban J connectivity index is 2.22. The van der Waals surface area contributed by atoms with Crippen LogP contribution in [0, 0.1) is 12.8 Å². The monoisotopic (exact) mass is 264 g/mol. The molecule has 1 heterocycles. The Labute approximate surface area is 117 Å². The van der Waals surface area contributed by atoms with Crippen molar-refractivity contribution in [1.29, 1.82) is 0 Å². The molecule has 1 aliphatic rings. The molecule has 1 aliphatic carbocycles. The Morgan fingerprint density at radius 1 is 1.37 bits per heavy atom. The third-order valence-electron chi connectivity index (χ3n) is 3.83. The summed E-state index contributed by atoms with van der Waals surface area (Å²) in [5.41, 5.74) is 2.54. The van der Waals surface area contributed by atoms with Crippen molar-refractivity contribution < 1.29 is 0 Å². The molecule has 1 saturated carbocycles. The molecule has 0 amide bonds. The van der Waals surface area contributed by atoms with Crippen molar-refractivity contribution in [2.24, 2.45) is 13.0 Å². The van der Waals surface area contributed by atoms with E-state index in [1.165, 1.54) is 37.2 Å². The predicted octanol–water partition coefficient (Wildman–Crippen LogP) is 2.46. The molecule has 4 heteroatoms. The summed E-state index contributed by atoms with van der Waals surface area (Å²) in [5, 5.41) is 8.07. The van der Waals surface area contributed by atoms with E-state index in [-0.39, 0.29) is 0 Å². The summed E-state index contributed by atoms with van der Waals surface area (Å²) in [6, 6.07) is 0. The average molecular weight is 264 g/mol. The lowest BCUT2D eigenvalue weighted by Crippen LogP contribution is -2.30. The number of nitrogens with one attached hydrogen (secondary N) is 1. The SMILES string of the molecule is CCCN(CC1CC1)c1c(CNCC)c(C)nn1C. The number of anilines is 1. The minimum atomic E-state index is 0.911. The zero-order chi connectivity index (χ0) is 13.8. The van der Waals surface area contributed by atoms with Crippen LogP contribution in [0.1, 0.15) is 44.4 Å². The molecule has 108 valence electrons. The second-order valence-corrected chi connectivity index (χ2v) is 5.68. The van der Waals surface area contributed by atoms with Crippen molar-refractivity contribution in [3.8, 4) is 0 Å². The molecule has 0 atom stereocenters. The molecule has 19 heavy (non-hydrogen) atoms. The molecule has 1 aromatic rings. The summed E-state index contributed by atoms with van der Waals surface area (Å²) < 4.78 is 2.07. The second-order valence-electron chi connectivity index (χ2n) is 5.68. The summed E-state index contributed by atoms with van der Waals surface area (Å²) in [4.78, 5) is 2.55. The van der Waals surface area contributed by atoms with Gasteiger partial charge in [0.05, 0.1) is 5.69 Å². The minimum absolute atomic E-state index is 0.911. The average Bonchev–Trinajstić information content (AvgIpc) is 3.12. The van der Waals surface area contributed by atoms with Crippen LogP contribution >= 0.6 is 0 Å². The van der Waals surface area contributed by atoms with E-state index in [0.29, 0.717) is 0 Å². The molecule has 0 spiro atoms. The van der Waals surface area contributed by atoms with Crippen molar-refractivity contribution in [2.45, 2.75) is 46.6 Å². The topological polar surface area (TPSA) is 33.1 Å². The number of rotatable bonds is 8. The summed E-state index contributed by atoms with van der Waals surface area (Å²) in [6.45, 7) is 10.8. The van der Waals surface area contributed by atoms with E-state index >= 15 is 0 Å². The summed E-state index contributed by atoms with van der Waals surface area (Å²) in [6.07, 6.45) is 4.00. The Morgan fingerprint density at radius 2 is 2.11 bits per heavy atom. The lowest BCUT2D eigenvalue weighted by Gasteiger charge is -2.25. The lowest BCUT2D eigenvalue weighted by molar-refractivity contribution is 0.650. The number of aryl methyl sites for hydroxylation is 2. The normalized spacial score (nSPS) is 14.9. The number of nitrogens with zero attached hydrogens (tertiary/aromatic N) is 3. The molecule has 0 unspecified atom stereocenters. The van der Waals surface area contributed by atoms with E-state index in [1.807, 2.05) is 0 Å². The van der Waals surface area contributed by atoms with Gasteiger partial charge in [0, 0.05) is 32.2 Å². The van der Waals surface area contributed by atoms with Crippen LogP contribution in [-0.4, -0.2) is 29.4 Å². The standard InChI is InChI=1S/C15H28N4/c1-5-9-19(11-13-7-8-13)15-14(10-16-6-2)12(3)17-18(15)4/h13,16H,5-11H2,1-4H3. The van der Waals surface area contributed by atoms with E-state index in [2.05, 4.69) is 47.8 Å². The van der Waals surface area contributed by atoms with Gasteiger partial charge in [-0.05, 0) is 38.6 Å². The van der Waals surface area contributed by atoms with E-state index in [0.717, 1.165) is 31.2 Å². The zero-order valence-corrected chi connectivity index (χ0v) is 12.9. The summed E-state index contributed by atoms with van der Waals surface area (Å²) in [7, 11) is 2.08. The van der Waals surface area contributed by atoms with Gasteiger partial charge in [-0.25, -0.2) is 0 Å². The fraction of sp³-hybridized carbons (Fsp3) is 0.800. The highest BCUT2D eigenvalue weighted by Gasteiger charge is 2.27. The molecule has 1 aromatic heterocycles. The molecule has 1 N–H and O–H groups in total. The molecule has 0 radical (unpaired) electrons. The first-order valence-corrected chi connectivity index (χ1v) is 7.65. The Kier molecular flexibility index (Phi) is 4.86. The van der Waals surface area contributed by atoms with Gasteiger partial charge in [0.1, 0.15) is 5.82 Å². The van der Waals surface area contributed by atoms with Gasteiger partial charge in [-0.3, -0.25) is 4.68 Å². The third kappa shape index (κ3) is 3.50. The van der Waals surface area contributed by atoms with Crippen molar-refractivity contribution in [2.75, 3.05) is 24.5 Å². The van der Waals surface area contributed by atoms with Crippen LogP contribution < -0.4 is 10.2 Å². The maximum Gasteiger partial charge on any atom is 0.131 e. The molecule has 0 saturated heterocycles. The highest BCUT2D eigenvalue weighted by molar-refractivity contribution is 5.50. The number of hydrogen-bond acceptors (Lipinski definition) is 3. The van der Waals surface area contributed by atoms with Crippen LogP contribution in [-0.2, 0) is 13.6 Å². The summed E-state index contributed by atoms with van der Waals surface area (Å²) >= 11 is 0. The largest absolute Gasteiger partial charge is 0.356 e. The van der Waals surface area contributed by atoms with Crippen LogP contribution in [0.2, 0.25) is 0 Å². The van der Waals surface area contributed by atoms with E-state index < -0.39 is 0 Å². The minimum Gasteiger partial charge on any atom is -0.356 e. The first-order chi connectivity index (χ1) is 9.17. The maximum atomic E-state index is 4.63. The van der Waals surface area contributed by atoms with Gasteiger partial charge in [-0.1, -0.05) is 13.8 Å². The Hall–Kier alpha value is -1.03. The van der Waals surface area contributed by atoms with Crippen molar-refractivity contribution in [3.63, 3.8) is 0 Å². The molecule has 4 nitrogen and oxygen atoms in total. The van der Waals surface area contributed by atoms with Gasteiger partial charge in [0.25, 0.3) is 0 Å². The molecule has 0 aromatic carbocycles. The summed E-state index contributed by atoms with van der Waals surface area (Å²) in [5.74, 6) is 2.24.